The van der Waals surface area contributed by atoms with Gasteiger partial charge in [-0.05, 0) is 54.3 Å². The molecule has 126 valence electrons. The Bertz CT molecular complexity index is 886. The van der Waals surface area contributed by atoms with Gasteiger partial charge in [-0.1, -0.05) is 6.92 Å². The Morgan fingerprint density at radius 3 is 2.71 bits per heavy atom. The number of methoxy groups -OCH3 is 1. The highest BCUT2D eigenvalue weighted by molar-refractivity contribution is 7.89. The van der Waals surface area contributed by atoms with E-state index < -0.39 is 10.0 Å². The van der Waals surface area contributed by atoms with Crippen LogP contribution in [0.15, 0.2) is 35.4 Å². The molecule has 0 bridgehead atoms. The van der Waals surface area contributed by atoms with Crippen molar-refractivity contribution in [3.05, 3.63) is 52.8 Å². The van der Waals surface area contributed by atoms with Crippen molar-refractivity contribution in [1.29, 1.82) is 5.26 Å². The summed E-state index contributed by atoms with van der Waals surface area (Å²) in [6.07, 6.45) is 2.15. The predicted molar refractivity (Wildman–Crippen MR) is 90.1 cm³/mol. The van der Waals surface area contributed by atoms with Crippen LogP contribution in [0.4, 0.5) is 0 Å². The third kappa shape index (κ3) is 3.91. The van der Waals surface area contributed by atoms with Crippen molar-refractivity contribution in [2.75, 3.05) is 7.11 Å². The lowest BCUT2D eigenvalue weighted by Gasteiger charge is -2.14. The maximum Gasteiger partial charge on any atom is 0.241 e. The first-order valence-electron chi connectivity index (χ1n) is 7.43. The van der Waals surface area contributed by atoms with Crippen LogP contribution >= 0.6 is 0 Å². The van der Waals surface area contributed by atoms with Crippen LogP contribution in [-0.2, 0) is 23.0 Å². The number of benzene rings is 1. The second-order valence-corrected chi connectivity index (χ2v) is 7.00. The van der Waals surface area contributed by atoms with Crippen LogP contribution in [-0.4, -0.2) is 20.5 Å². The summed E-state index contributed by atoms with van der Waals surface area (Å²) in [7, 11) is -2.11. The molecule has 2 rings (SSSR count). The van der Waals surface area contributed by atoms with E-state index in [-0.39, 0.29) is 17.1 Å². The molecule has 6 nitrogen and oxygen atoms in total. The Morgan fingerprint density at radius 2 is 2.08 bits per heavy atom. The van der Waals surface area contributed by atoms with E-state index in [9.17, 15) is 8.42 Å². The maximum absolute atomic E-state index is 12.6. The van der Waals surface area contributed by atoms with Gasteiger partial charge in [0.05, 0.1) is 12.0 Å². The van der Waals surface area contributed by atoms with Gasteiger partial charge in [0, 0.05) is 12.7 Å². The van der Waals surface area contributed by atoms with E-state index in [0.29, 0.717) is 23.3 Å². The number of nitrogens with one attached hydrogen (secondary N) is 1. The van der Waals surface area contributed by atoms with E-state index in [1.165, 1.54) is 6.20 Å². The molecule has 0 aliphatic rings. The zero-order valence-corrected chi connectivity index (χ0v) is 14.6. The summed E-state index contributed by atoms with van der Waals surface area (Å²) in [4.78, 5) is 4.10. The Labute approximate surface area is 142 Å². The molecule has 2 aromatic rings. The number of rotatable bonds is 6. The number of nitrogens with zero attached hydrogens (tertiary/aromatic N) is 2. The zero-order valence-electron chi connectivity index (χ0n) is 13.8. The lowest BCUT2D eigenvalue weighted by atomic mass is 10.1. The van der Waals surface area contributed by atoms with Gasteiger partial charge in [-0.3, -0.25) is 0 Å². The molecule has 0 fully saturated rings. The highest BCUT2D eigenvalue weighted by Gasteiger charge is 2.19. The van der Waals surface area contributed by atoms with Gasteiger partial charge in [0.2, 0.25) is 10.0 Å². The molecule has 1 heterocycles. The van der Waals surface area contributed by atoms with E-state index in [1.807, 2.05) is 13.0 Å². The topological polar surface area (TPSA) is 92.1 Å². The van der Waals surface area contributed by atoms with Crippen molar-refractivity contribution in [1.82, 2.24) is 9.71 Å². The second kappa shape index (κ2) is 7.43. The van der Waals surface area contributed by atoms with Crippen molar-refractivity contribution in [3.63, 3.8) is 0 Å². The smallest absolute Gasteiger partial charge is 0.241 e. The van der Waals surface area contributed by atoms with Crippen LogP contribution in [0.2, 0.25) is 0 Å². The number of pyridine rings is 1. The number of ether oxygens (including phenoxy) is 1. The van der Waals surface area contributed by atoms with Crippen molar-refractivity contribution < 1.29 is 13.2 Å². The van der Waals surface area contributed by atoms with Crippen LogP contribution in [0.25, 0.3) is 0 Å². The third-order valence-electron chi connectivity index (χ3n) is 3.65. The monoisotopic (exact) mass is 345 g/mol. The molecule has 0 aliphatic carbocycles. The molecule has 1 N–H and O–H groups in total. The molecular formula is C17H19N3O3S. The maximum atomic E-state index is 12.6. The Balaban J connectivity index is 2.29. The van der Waals surface area contributed by atoms with Crippen LogP contribution in [0, 0.1) is 18.3 Å². The molecule has 1 aromatic heterocycles. The van der Waals surface area contributed by atoms with Gasteiger partial charge in [0.15, 0.2) is 0 Å². The first kappa shape index (κ1) is 17.9. The van der Waals surface area contributed by atoms with Gasteiger partial charge in [0.1, 0.15) is 17.5 Å². The van der Waals surface area contributed by atoms with Gasteiger partial charge in [-0.25, -0.2) is 18.1 Å². The highest BCUT2D eigenvalue weighted by Crippen LogP contribution is 2.26. The van der Waals surface area contributed by atoms with Crippen LogP contribution in [0.1, 0.15) is 29.3 Å². The number of hydrogen-bond donors (Lipinski definition) is 1. The lowest BCUT2D eigenvalue weighted by Crippen LogP contribution is -2.24. The minimum Gasteiger partial charge on any atom is -0.496 e. The Hall–Kier alpha value is -2.43. The molecule has 0 atom stereocenters. The molecule has 0 amide bonds. The van der Waals surface area contributed by atoms with E-state index in [4.69, 9.17) is 10.00 Å². The fourth-order valence-corrected chi connectivity index (χ4v) is 3.65. The predicted octanol–water partition coefficient (Wildman–Crippen LogP) is 2.31. The Kier molecular flexibility index (Phi) is 5.54. The van der Waals surface area contributed by atoms with E-state index in [0.717, 1.165) is 5.56 Å². The van der Waals surface area contributed by atoms with Gasteiger partial charge < -0.3 is 4.74 Å². The quantitative estimate of drug-likeness (QED) is 0.867. The SMILES string of the molecule is CCc1cc(S(=O)(=O)NCc2ccnc(C#N)c2)c(C)cc1OC. The summed E-state index contributed by atoms with van der Waals surface area (Å²) in [6, 6.07) is 8.53. The van der Waals surface area contributed by atoms with Gasteiger partial charge >= 0.3 is 0 Å². The number of sulfonamides is 1. The molecule has 0 saturated carbocycles. The molecule has 0 spiro atoms. The summed E-state index contributed by atoms with van der Waals surface area (Å²) in [6.45, 7) is 3.76. The second-order valence-electron chi connectivity index (χ2n) is 5.27. The lowest BCUT2D eigenvalue weighted by molar-refractivity contribution is 0.409. The van der Waals surface area contributed by atoms with Crippen LogP contribution in [0.3, 0.4) is 0 Å². The van der Waals surface area contributed by atoms with E-state index in [1.54, 1.807) is 38.3 Å². The van der Waals surface area contributed by atoms with E-state index >= 15 is 0 Å². The molecule has 7 heteroatoms. The average Bonchev–Trinajstić information content (AvgIpc) is 2.59. The molecule has 0 radical (unpaired) electrons. The fourth-order valence-electron chi connectivity index (χ4n) is 2.36. The Morgan fingerprint density at radius 1 is 1.33 bits per heavy atom. The van der Waals surface area contributed by atoms with Crippen molar-refractivity contribution in [2.45, 2.75) is 31.7 Å². The largest absolute Gasteiger partial charge is 0.496 e. The van der Waals surface area contributed by atoms with Gasteiger partial charge in [0.25, 0.3) is 0 Å². The summed E-state index contributed by atoms with van der Waals surface area (Å²) in [5, 5.41) is 8.85. The molecular weight excluding hydrogens is 326 g/mol. The van der Waals surface area contributed by atoms with Crippen LogP contribution < -0.4 is 9.46 Å². The number of nitriles is 1. The molecule has 0 saturated heterocycles. The zero-order chi connectivity index (χ0) is 17.7. The van der Waals surface area contributed by atoms with Gasteiger partial charge in [-0.2, -0.15) is 5.26 Å². The first-order valence-corrected chi connectivity index (χ1v) is 8.91. The third-order valence-corrected chi connectivity index (χ3v) is 5.20. The minimum absolute atomic E-state index is 0.0897. The normalized spacial score (nSPS) is 11.1. The molecule has 0 unspecified atom stereocenters. The first-order chi connectivity index (χ1) is 11.4. The highest BCUT2D eigenvalue weighted by atomic mass is 32.2. The van der Waals surface area contributed by atoms with E-state index in [2.05, 4.69) is 9.71 Å². The van der Waals surface area contributed by atoms with Crippen molar-refractivity contribution in [3.8, 4) is 11.8 Å². The van der Waals surface area contributed by atoms with Crippen molar-refractivity contribution >= 4 is 10.0 Å². The summed E-state index contributed by atoms with van der Waals surface area (Å²) in [5.41, 5.74) is 2.37. The summed E-state index contributed by atoms with van der Waals surface area (Å²) >= 11 is 0. The number of hydrogen-bond acceptors (Lipinski definition) is 5. The number of aryl methyl sites for hydroxylation is 2. The number of aromatic nitrogens is 1. The standard InChI is InChI=1S/C17H19N3O3S/c1-4-14-9-17(12(2)7-16(14)23-3)24(21,22)20-11-13-5-6-19-15(8-13)10-18/h5-9,20H,4,11H2,1-3H3. The molecule has 24 heavy (non-hydrogen) atoms. The average molecular weight is 345 g/mol. The molecule has 0 aliphatic heterocycles. The fraction of sp³-hybridized carbons (Fsp3) is 0.294. The molecule has 1 aromatic carbocycles. The minimum atomic E-state index is -3.68. The van der Waals surface area contributed by atoms with Crippen molar-refractivity contribution in [2.24, 2.45) is 0 Å². The summed E-state index contributed by atoms with van der Waals surface area (Å²) in [5.74, 6) is 0.682. The summed E-state index contributed by atoms with van der Waals surface area (Å²) < 4.78 is 33.1. The van der Waals surface area contributed by atoms with Crippen LogP contribution in [0.5, 0.6) is 5.75 Å². The van der Waals surface area contributed by atoms with Gasteiger partial charge in [-0.15, -0.1) is 0 Å².